The number of aliphatic hydroxyl groups is 3. The molecule has 7 nitrogen and oxygen atoms in total. The quantitative estimate of drug-likeness (QED) is 0.453. The van der Waals surface area contributed by atoms with Crippen molar-refractivity contribution in [3.8, 4) is 0 Å². The number of ether oxygens (including phenoxy) is 1. The summed E-state index contributed by atoms with van der Waals surface area (Å²) in [6.45, 7) is -0.398. The molecule has 2 rings (SSSR count). The van der Waals surface area contributed by atoms with E-state index in [0.29, 0.717) is 0 Å². The highest BCUT2D eigenvalue weighted by atomic mass is 16.6. The molecular weight excluding hydrogens is 240 g/mol. The van der Waals surface area contributed by atoms with Gasteiger partial charge in [0.1, 0.15) is 17.8 Å². The highest BCUT2D eigenvalue weighted by Gasteiger charge is 2.47. The van der Waals surface area contributed by atoms with Crippen molar-refractivity contribution < 1.29 is 29.4 Å². The maximum atomic E-state index is 11.1. The first kappa shape index (κ1) is 12.9. The fourth-order valence-corrected chi connectivity index (χ4v) is 1.92. The minimum absolute atomic E-state index is 0.259. The molecule has 7 heteroatoms. The Bertz CT molecular complexity index is 453. The zero-order chi connectivity index (χ0) is 13.3. The standard InChI is InChI=1S/C11H14N2O5/c12-10(17)6-2-1-3-13(4-6)11-9(16)8(15)7(5-14)18-11/h1-4,7-9,11,14-16H,5H2,(H-,12,17)/p+1/t7-,8?,9+,11-/m1/s1. The molecule has 1 fully saturated rings. The van der Waals surface area contributed by atoms with Gasteiger partial charge in [-0.1, -0.05) is 0 Å². The number of amides is 1. The number of hydrogen-bond acceptors (Lipinski definition) is 5. The first-order chi connectivity index (χ1) is 8.54. The third-order valence-electron chi connectivity index (χ3n) is 2.92. The Balaban J connectivity index is 2.27. The molecule has 0 spiro atoms. The molecule has 1 aliphatic rings. The molecule has 0 aromatic carbocycles. The molecule has 1 saturated heterocycles. The van der Waals surface area contributed by atoms with Gasteiger partial charge in [-0.15, -0.1) is 0 Å². The fourth-order valence-electron chi connectivity index (χ4n) is 1.92. The van der Waals surface area contributed by atoms with Crippen molar-refractivity contribution in [2.24, 2.45) is 5.73 Å². The lowest BCUT2D eigenvalue weighted by molar-refractivity contribution is -0.765. The van der Waals surface area contributed by atoms with Gasteiger partial charge in [-0.05, 0) is 6.07 Å². The summed E-state index contributed by atoms with van der Waals surface area (Å²) in [4.78, 5) is 11.1. The maximum absolute atomic E-state index is 11.1. The summed E-state index contributed by atoms with van der Waals surface area (Å²) in [5.74, 6) is -0.601. The number of carbonyl (C=O) groups is 1. The van der Waals surface area contributed by atoms with E-state index in [4.69, 9.17) is 15.6 Å². The molecule has 1 aliphatic heterocycles. The Morgan fingerprint density at radius 1 is 1.44 bits per heavy atom. The average Bonchev–Trinajstić information content (AvgIpc) is 2.66. The second-order valence-electron chi connectivity index (χ2n) is 4.13. The minimum Gasteiger partial charge on any atom is -0.394 e. The van der Waals surface area contributed by atoms with Crippen LogP contribution in [0.1, 0.15) is 16.6 Å². The van der Waals surface area contributed by atoms with Crippen molar-refractivity contribution in [1.29, 1.82) is 0 Å². The van der Waals surface area contributed by atoms with E-state index in [1.54, 1.807) is 12.3 Å². The molecule has 1 aromatic heterocycles. The predicted octanol–water partition coefficient (Wildman–Crippen LogP) is -2.32. The Hall–Kier alpha value is -1.54. The molecule has 1 unspecified atom stereocenters. The van der Waals surface area contributed by atoms with Gasteiger partial charge in [0.25, 0.3) is 12.1 Å². The molecule has 0 radical (unpaired) electrons. The number of rotatable bonds is 3. The molecule has 18 heavy (non-hydrogen) atoms. The van der Waals surface area contributed by atoms with Crippen LogP contribution in [0.5, 0.6) is 0 Å². The number of aromatic nitrogens is 1. The van der Waals surface area contributed by atoms with Gasteiger partial charge >= 0.3 is 0 Å². The third-order valence-corrected chi connectivity index (χ3v) is 2.92. The second-order valence-corrected chi connectivity index (χ2v) is 4.13. The number of nitrogens with two attached hydrogens (primary N) is 1. The summed E-state index contributed by atoms with van der Waals surface area (Å²) in [5, 5.41) is 28.4. The van der Waals surface area contributed by atoms with E-state index in [1.165, 1.54) is 16.8 Å². The number of primary amides is 1. The first-order valence-corrected chi connectivity index (χ1v) is 5.47. The van der Waals surface area contributed by atoms with Gasteiger partial charge in [-0.25, -0.2) is 0 Å². The monoisotopic (exact) mass is 255 g/mol. The molecule has 5 N–H and O–H groups in total. The SMILES string of the molecule is NC(=O)c1ccc[n+]([C@@H]2O[C@H](CO)C(O)[C@@H]2O)c1. The first-order valence-electron chi connectivity index (χ1n) is 5.47. The number of pyridine rings is 1. The van der Waals surface area contributed by atoms with Gasteiger partial charge in [0, 0.05) is 6.07 Å². The largest absolute Gasteiger partial charge is 0.394 e. The Labute approximate surface area is 103 Å². The van der Waals surface area contributed by atoms with Crippen LogP contribution in [0.3, 0.4) is 0 Å². The predicted molar refractivity (Wildman–Crippen MR) is 58.2 cm³/mol. The molecule has 98 valence electrons. The molecule has 1 amide bonds. The summed E-state index contributed by atoms with van der Waals surface area (Å²) in [6, 6.07) is 3.11. The highest BCUT2D eigenvalue weighted by Crippen LogP contribution is 2.24. The van der Waals surface area contributed by atoms with Crippen molar-refractivity contribution in [2.75, 3.05) is 6.61 Å². The Morgan fingerprint density at radius 2 is 2.17 bits per heavy atom. The van der Waals surface area contributed by atoms with Crippen LogP contribution in [0.25, 0.3) is 0 Å². The number of nitrogens with zero attached hydrogens (tertiary/aromatic N) is 1. The molecule has 2 heterocycles. The van der Waals surface area contributed by atoms with Crippen molar-refractivity contribution in [3.05, 3.63) is 30.1 Å². The zero-order valence-corrected chi connectivity index (χ0v) is 9.51. The van der Waals surface area contributed by atoms with Crippen LogP contribution in [0.4, 0.5) is 0 Å². The van der Waals surface area contributed by atoms with Gasteiger partial charge in [-0.2, -0.15) is 4.57 Å². The van der Waals surface area contributed by atoms with Crippen molar-refractivity contribution in [2.45, 2.75) is 24.5 Å². The minimum atomic E-state index is -1.18. The lowest BCUT2D eigenvalue weighted by Gasteiger charge is -2.09. The second kappa shape index (κ2) is 4.99. The van der Waals surface area contributed by atoms with E-state index in [-0.39, 0.29) is 5.56 Å². The van der Waals surface area contributed by atoms with E-state index in [0.717, 1.165) is 0 Å². The van der Waals surface area contributed by atoms with Gasteiger partial charge < -0.3 is 25.8 Å². The number of hydrogen-bond donors (Lipinski definition) is 4. The lowest BCUT2D eigenvalue weighted by Crippen LogP contribution is -2.46. The number of carbonyl (C=O) groups excluding carboxylic acids is 1. The van der Waals surface area contributed by atoms with Gasteiger partial charge in [-0.3, -0.25) is 4.79 Å². The lowest BCUT2D eigenvalue weighted by atomic mass is 10.1. The normalized spacial score (nSPS) is 31.5. The van der Waals surface area contributed by atoms with Crippen molar-refractivity contribution in [1.82, 2.24) is 0 Å². The van der Waals surface area contributed by atoms with Crippen LogP contribution >= 0.6 is 0 Å². The third kappa shape index (κ3) is 2.21. The van der Waals surface area contributed by atoms with Crippen molar-refractivity contribution >= 4 is 5.91 Å². The fraction of sp³-hybridized carbons (Fsp3) is 0.455. The van der Waals surface area contributed by atoms with E-state index in [1.807, 2.05) is 0 Å². The van der Waals surface area contributed by atoms with E-state index < -0.39 is 37.1 Å². The smallest absolute Gasteiger partial charge is 0.292 e. The van der Waals surface area contributed by atoms with Gasteiger partial charge in [0.05, 0.1) is 6.61 Å². The molecule has 0 saturated carbocycles. The Kier molecular flexibility index (Phi) is 3.58. The Morgan fingerprint density at radius 3 is 2.72 bits per heavy atom. The van der Waals surface area contributed by atoms with E-state index >= 15 is 0 Å². The summed E-state index contributed by atoms with van der Waals surface area (Å²) < 4.78 is 6.75. The van der Waals surface area contributed by atoms with Crippen LogP contribution in [-0.2, 0) is 4.74 Å². The van der Waals surface area contributed by atoms with E-state index in [2.05, 4.69) is 0 Å². The maximum Gasteiger partial charge on any atom is 0.292 e. The zero-order valence-electron chi connectivity index (χ0n) is 9.51. The van der Waals surface area contributed by atoms with E-state index in [9.17, 15) is 15.0 Å². The van der Waals surface area contributed by atoms with Crippen LogP contribution in [0, 0.1) is 0 Å². The van der Waals surface area contributed by atoms with Crippen LogP contribution < -0.4 is 10.3 Å². The van der Waals surface area contributed by atoms with Crippen LogP contribution in [-0.4, -0.2) is 46.1 Å². The molecule has 4 atom stereocenters. The molecule has 0 aliphatic carbocycles. The van der Waals surface area contributed by atoms with Crippen molar-refractivity contribution in [3.63, 3.8) is 0 Å². The summed E-state index contributed by atoms with van der Waals surface area (Å²) in [6.07, 6.45) is -1.08. The summed E-state index contributed by atoms with van der Waals surface area (Å²) in [7, 11) is 0. The summed E-state index contributed by atoms with van der Waals surface area (Å²) >= 11 is 0. The highest BCUT2D eigenvalue weighted by molar-refractivity contribution is 5.92. The van der Waals surface area contributed by atoms with Crippen LogP contribution in [0.15, 0.2) is 24.5 Å². The molecular formula is C11H15N2O5+. The van der Waals surface area contributed by atoms with Gasteiger partial charge in [0.15, 0.2) is 18.5 Å². The molecule has 0 bridgehead atoms. The number of aliphatic hydroxyl groups excluding tert-OH is 3. The summed E-state index contributed by atoms with van der Waals surface area (Å²) in [5.41, 5.74) is 5.41. The topological polar surface area (TPSA) is 117 Å². The van der Waals surface area contributed by atoms with Gasteiger partial charge in [0.2, 0.25) is 0 Å². The molecule has 1 aromatic rings. The average molecular weight is 255 g/mol. The van der Waals surface area contributed by atoms with Crippen LogP contribution in [0.2, 0.25) is 0 Å².